The third kappa shape index (κ3) is 2.19. The number of primary amides is 1. The molecule has 0 aliphatic carbocycles. The molecule has 6 heteroatoms. The molecular formula is C16H17N3O2S. The van der Waals surface area contributed by atoms with E-state index >= 15 is 0 Å². The first kappa shape index (κ1) is 13.7. The monoisotopic (exact) mass is 315 g/mol. The van der Waals surface area contributed by atoms with Gasteiger partial charge in [-0.2, -0.15) is 0 Å². The molecule has 1 fully saturated rings. The predicted octanol–water partition coefficient (Wildman–Crippen LogP) is 1.38. The molecule has 2 aliphatic rings. The van der Waals surface area contributed by atoms with Crippen LogP contribution < -0.4 is 16.6 Å². The van der Waals surface area contributed by atoms with E-state index in [2.05, 4.69) is 11.4 Å². The van der Waals surface area contributed by atoms with Gasteiger partial charge in [-0.25, -0.2) is 0 Å². The lowest BCUT2D eigenvalue weighted by molar-refractivity contribution is 0.100. The largest absolute Gasteiger partial charge is 0.365 e. The van der Waals surface area contributed by atoms with Crippen molar-refractivity contribution in [2.75, 3.05) is 13.1 Å². The minimum Gasteiger partial charge on any atom is -0.365 e. The van der Waals surface area contributed by atoms with E-state index in [1.807, 2.05) is 9.95 Å². The first-order chi connectivity index (χ1) is 10.6. The summed E-state index contributed by atoms with van der Waals surface area (Å²) in [5.41, 5.74) is 8.24. The van der Waals surface area contributed by atoms with Gasteiger partial charge in [0.2, 0.25) is 0 Å². The van der Waals surface area contributed by atoms with Crippen molar-refractivity contribution in [2.45, 2.75) is 18.9 Å². The molecule has 1 saturated heterocycles. The highest BCUT2D eigenvalue weighted by Crippen LogP contribution is 2.34. The molecule has 2 aliphatic heterocycles. The maximum absolute atomic E-state index is 12.5. The molecule has 3 N–H and O–H groups in total. The van der Waals surface area contributed by atoms with Gasteiger partial charge < -0.3 is 15.6 Å². The van der Waals surface area contributed by atoms with Crippen molar-refractivity contribution in [1.82, 2.24) is 9.88 Å². The summed E-state index contributed by atoms with van der Waals surface area (Å²) in [5.74, 6) is 0.525. The molecule has 1 amide bonds. The number of rotatable bonds is 2. The van der Waals surface area contributed by atoms with E-state index in [1.165, 1.54) is 11.3 Å². The van der Waals surface area contributed by atoms with Crippen LogP contribution in [0.2, 0.25) is 0 Å². The predicted molar refractivity (Wildman–Crippen MR) is 86.3 cm³/mol. The number of piperidine rings is 1. The zero-order valence-electron chi connectivity index (χ0n) is 12.0. The zero-order valence-corrected chi connectivity index (χ0v) is 12.9. The minimum absolute atomic E-state index is 0.0518. The van der Waals surface area contributed by atoms with Crippen LogP contribution in [-0.2, 0) is 6.54 Å². The number of nitrogens with zero attached hydrogens (tertiary/aromatic N) is 1. The summed E-state index contributed by atoms with van der Waals surface area (Å²) < 4.78 is 1.92. The van der Waals surface area contributed by atoms with E-state index in [-0.39, 0.29) is 5.56 Å². The molecule has 4 heterocycles. The molecule has 114 valence electrons. The van der Waals surface area contributed by atoms with Crippen molar-refractivity contribution >= 4 is 17.2 Å². The van der Waals surface area contributed by atoms with E-state index in [9.17, 15) is 9.59 Å². The van der Waals surface area contributed by atoms with Gasteiger partial charge in [-0.15, -0.1) is 11.3 Å². The van der Waals surface area contributed by atoms with Gasteiger partial charge in [-0.3, -0.25) is 9.59 Å². The van der Waals surface area contributed by atoms with Crippen LogP contribution in [-0.4, -0.2) is 23.6 Å². The maximum atomic E-state index is 12.5. The topological polar surface area (TPSA) is 77.1 Å². The standard InChI is InChI=1S/C16H17N3O2S/c17-16(21)14-3-12(8-22-14)10-2-13-11-1-9(5-18-6-11)7-19(13)15(20)4-10/h2-4,8-9,11,18H,1,5-7H2,(H2,17,21)/t9-,11+/m0/s1. The fraction of sp³-hybridized carbons (Fsp3) is 0.375. The molecule has 2 bridgehead atoms. The highest BCUT2D eigenvalue weighted by atomic mass is 32.1. The number of aromatic nitrogens is 1. The molecular weight excluding hydrogens is 298 g/mol. The Morgan fingerprint density at radius 1 is 1.27 bits per heavy atom. The lowest BCUT2D eigenvalue weighted by atomic mass is 9.83. The summed E-state index contributed by atoms with van der Waals surface area (Å²) >= 11 is 1.32. The molecule has 2 aromatic rings. The fourth-order valence-electron chi connectivity index (χ4n) is 3.59. The second-order valence-electron chi connectivity index (χ2n) is 6.14. The lowest BCUT2D eigenvalue weighted by Gasteiger charge is -2.37. The van der Waals surface area contributed by atoms with Crippen molar-refractivity contribution in [3.63, 3.8) is 0 Å². The fourth-order valence-corrected chi connectivity index (χ4v) is 4.36. The highest BCUT2D eigenvalue weighted by Gasteiger charge is 2.31. The van der Waals surface area contributed by atoms with Gasteiger partial charge in [0.05, 0.1) is 4.88 Å². The molecule has 0 spiro atoms. The van der Waals surface area contributed by atoms with Crippen molar-refractivity contribution in [3.8, 4) is 11.1 Å². The van der Waals surface area contributed by atoms with E-state index in [0.29, 0.717) is 16.7 Å². The van der Waals surface area contributed by atoms with Crippen molar-refractivity contribution in [3.05, 3.63) is 44.5 Å². The van der Waals surface area contributed by atoms with Crippen molar-refractivity contribution < 1.29 is 4.79 Å². The number of hydrogen-bond donors (Lipinski definition) is 2. The molecule has 2 atom stereocenters. The number of nitrogens with two attached hydrogens (primary N) is 1. The number of carbonyl (C=O) groups is 1. The van der Waals surface area contributed by atoms with E-state index in [4.69, 9.17) is 5.73 Å². The third-order valence-corrected chi connectivity index (χ3v) is 5.58. The lowest BCUT2D eigenvalue weighted by Crippen LogP contribution is -2.44. The first-order valence-electron chi connectivity index (χ1n) is 7.46. The quantitative estimate of drug-likeness (QED) is 0.879. The maximum Gasteiger partial charge on any atom is 0.258 e. The Kier molecular flexibility index (Phi) is 3.16. The number of nitrogens with one attached hydrogen (secondary N) is 1. The van der Waals surface area contributed by atoms with Gasteiger partial charge in [0.15, 0.2) is 0 Å². The first-order valence-corrected chi connectivity index (χ1v) is 8.34. The smallest absolute Gasteiger partial charge is 0.258 e. The number of amides is 1. The van der Waals surface area contributed by atoms with Crippen molar-refractivity contribution in [1.29, 1.82) is 0 Å². The summed E-state index contributed by atoms with van der Waals surface area (Å²) in [5, 5.41) is 5.34. The van der Waals surface area contributed by atoms with Crippen LogP contribution in [0.5, 0.6) is 0 Å². The van der Waals surface area contributed by atoms with Crippen LogP contribution in [0.25, 0.3) is 11.1 Å². The minimum atomic E-state index is -0.426. The summed E-state index contributed by atoms with van der Waals surface area (Å²) in [7, 11) is 0. The Hall–Kier alpha value is -1.92. The van der Waals surface area contributed by atoms with Gasteiger partial charge >= 0.3 is 0 Å². The second kappa shape index (κ2) is 5.07. The van der Waals surface area contributed by atoms with Crippen LogP contribution in [0, 0.1) is 5.92 Å². The molecule has 22 heavy (non-hydrogen) atoms. The van der Waals surface area contributed by atoms with Crippen LogP contribution in [0.15, 0.2) is 28.4 Å². The van der Waals surface area contributed by atoms with E-state index < -0.39 is 5.91 Å². The average Bonchev–Trinajstić information content (AvgIpc) is 2.99. The van der Waals surface area contributed by atoms with Gasteiger partial charge in [0, 0.05) is 30.8 Å². The number of carbonyl (C=O) groups excluding carboxylic acids is 1. The number of fused-ring (bicyclic) bond motifs is 4. The molecule has 5 nitrogen and oxygen atoms in total. The third-order valence-electron chi connectivity index (χ3n) is 4.64. The molecule has 2 aromatic heterocycles. The van der Waals surface area contributed by atoms with Crippen LogP contribution in [0.3, 0.4) is 0 Å². The Morgan fingerprint density at radius 2 is 2.14 bits per heavy atom. The van der Waals surface area contributed by atoms with Gasteiger partial charge in [-0.05, 0) is 47.5 Å². The molecule has 0 aromatic carbocycles. The van der Waals surface area contributed by atoms with Crippen molar-refractivity contribution in [2.24, 2.45) is 11.7 Å². The Bertz CT molecular complexity index is 808. The Labute approximate surface area is 131 Å². The summed E-state index contributed by atoms with van der Waals surface area (Å²) in [4.78, 5) is 24.3. The van der Waals surface area contributed by atoms with Gasteiger partial charge in [0.25, 0.3) is 11.5 Å². The van der Waals surface area contributed by atoms with Crippen LogP contribution in [0.1, 0.15) is 27.7 Å². The summed E-state index contributed by atoms with van der Waals surface area (Å²) in [6, 6.07) is 5.54. The Morgan fingerprint density at radius 3 is 2.91 bits per heavy atom. The molecule has 0 saturated carbocycles. The van der Waals surface area contributed by atoms with Crippen LogP contribution >= 0.6 is 11.3 Å². The molecule has 4 rings (SSSR count). The van der Waals surface area contributed by atoms with Gasteiger partial charge in [-0.1, -0.05) is 0 Å². The van der Waals surface area contributed by atoms with Crippen LogP contribution in [0.4, 0.5) is 0 Å². The second-order valence-corrected chi connectivity index (χ2v) is 7.05. The molecule has 0 radical (unpaired) electrons. The number of pyridine rings is 1. The van der Waals surface area contributed by atoms with Gasteiger partial charge in [0.1, 0.15) is 0 Å². The number of thiophene rings is 1. The summed E-state index contributed by atoms with van der Waals surface area (Å²) in [6.07, 6.45) is 1.14. The van der Waals surface area contributed by atoms with E-state index in [1.54, 1.807) is 12.1 Å². The average molecular weight is 315 g/mol. The number of hydrogen-bond acceptors (Lipinski definition) is 4. The normalized spacial score (nSPS) is 23.1. The SMILES string of the molecule is NC(=O)c1cc(-c2cc3n(c(=O)c2)C[C@@H]2CNC[C@H]3C2)cs1. The highest BCUT2D eigenvalue weighted by molar-refractivity contribution is 7.12. The Balaban J connectivity index is 1.80. The van der Waals surface area contributed by atoms with E-state index in [0.717, 1.165) is 42.9 Å². The summed E-state index contributed by atoms with van der Waals surface area (Å²) in [6.45, 7) is 2.72. The zero-order chi connectivity index (χ0) is 15.3. The molecule has 0 unspecified atom stereocenters.